The summed E-state index contributed by atoms with van der Waals surface area (Å²) in [5, 5.41) is 28.0. The molecule has 1 aliphatic heterocycles. The summed E-state index contributed by atoms with van der Waals surface area (Å²) in [6, 6.07) is 8.50. The quantitative estimate of drug-likeness (QED) is 0.359. The fourth-order valence-corrected chi connectivity index (χ4v) is 3.48. The Hall–Kier alpha value is -3.01. The number of carbonyl (C=O) groups excluding carboxylic acids is 1. The summed E-state index contributed by atoms with van der Waals surface area (Å²) in [4.78, 5) is 24.8. The van der Waals surface area contributed by atoms with Gasteiger partial charge in [0.15, 0.2) is 23.2 Å². The summed E-state index contributed by atoms with van der Waals surface area (Å²) >= 11 is 0. The van der Waals surface area contributed by atoms with Crippen LogP contribution in [0.25, 0.3) is 11.2 Å². The number of hydrogen-bond donors (Lipinski definition) is 4. The Morgan fingerprint density at radius 1 is 1.19 bits per heavy atom. The second kappa shape index (κ2) is 8.26. The Labute approximate surface area is 175 Å². The van der Waals surface area contributed by atoms with Gasteiger partial charge in [0.2, 0.25) is 0 Å². The number of aromatic nitrogens is 4. The maximum Gasteiger partial charge on any atom is 0.333 e. The predicted molar refractivity (Wildman–Crippen MR) is 105 cm³/mol. The van der Waals surface area contributed by atoms with Gasteiger partial charge in [0, 0.05) is 5.56 Å². The third-order valence-electron chi connectivity index (χ3n) is 4.63. The predicted octanol–water partition coefficient (Wildman–Crippen LogP) is -1.08. The monoisotopic (exact) mass is 450 g/mol. The van der Waals surface area contributed by atoms with Crippen molar-refractivity contribution in [2.75, 3.05) is 11.9 Å². The summed E-state index contributed by atoms with van der Waals surface area (Å²) in [5.41, 5.74) is 0.855. The van der Waals surface area contributed by atoms with Gasteiger partial charge in [-0.2, -0.15) is 8.42 Å². The first-order valence-corrected chi connectivity index (χ1v) is 10.4. The van der Waals surface area contributed by atoms with Crippen LogP contribution in [0.5, 0.6) is 0 Å². The fraction of sp³-hybridized carbons (Fsp3) is 0.294. The minimum absolute atomic E-state index is 0.139. The molecule has 1 aliphatic rings. The minimum atomic E-state index is -4.25. The molecule has 0 aliphatic carbocycles. The summed E-state index contributed by atoms with van der Waals surface area (Å²) < 4.78 is 33.3. The molecule has 4 rings (SSSR count). The third kappa shape index (κ3) is 4.39. The van der Waals surface area contributed by atoms with Gasteiger partial charge in [-0.25, -0.2) is 20.1 Å². The summed E-state index contributed by atoms with van der Waals surface area (Å²) in [6.07, 6.45) is -2.73. The van der Waals surface area contributed by atoms with Crippen LogP contribution in [0.4, 0.5) is 5.82 Å². The number of aliphatic hydroxyl groups excluding tert-OH is 2. The first-order chi connectivity index (χ1) is 14.7. The number of aliphatic hydroxyl groups is 2. The van der Waals surface area contributed by atoms with Crippen LogP contribution in [0.1, 0.15) is 16.6 Å². The molecule has 1 aromatic carbocycles. The Bertz CT molecular complexity index is 1200. The minimum Gasteiger partial charge on any atom is -0.387 e. The van der Waals surface area contributed by atoms with Crippen molar-refractivity contribution in [3.05, 3.63) is 48.5 Å². The number of anilines is 1. The molecule has 0 spiro atoms. The van der Waals surface area contributed by atoms with Crippen molar-refractivity contribution in [1.82, 2.24) is 19.5 Å². The fourth-order valence-electron chi connectivity index (χ4n) is 3.16. The van der Waals surface area contributed by atoms with Gasteiger partial charge >= 0.3 is 10.3 Å². The van der Waals surface area contributed by atoms with Crippen LogP contribution in [0, 0.1) is 0 Å². The summed E-state index contributed by atoms with van der Waals surface area (Å²) in [5.74, 6) is -0.261. The van der Waals surface area contributed by atoms with Gasteiger partial charge in [0.25, 0.3) is 5.91 Å². The van der Waals surface area contributed by atoms with Crippen LogP contribution in [0.2, 0.25) is 0 Å². The topological polar surface area (TPSA) is 192 Å². The average Bonchev–Trinajstić information content (AvgIpc) is 3.29. The molecule has 3 aromatic rings. The van der Waals surface area contributed by atoms with Crippen molar-refractivity contribution >= 4 is 33.2 Å². The zero-order valence-corrected chi connectivity index (χ0v) is 16.6. The standard InChI is InChI=1S/C17H18N6O7S/c18-31(27,28)29-6-10-12(24)13(25)17(30-10)23-8-21-11-14(19-7-20-15(11)23)22-16(26)9-4-2-1-3-5-9/h1-5,7-8,10,12-13,17,24-25H,6H2,(H2,18,27,28)(H,19,20,22,26)/t10-,12-,13-,17-/m1/s1. The van der Waals surface area contributed by atoms with E-state index in [1.165, 1.54) is 17.2 Å². The van der Waals surface area contributed by atoms with Crippen molar-refractivity contribution in [3.63, 3.8) is 0 Å². The highest BCUT2D eigenvalue weighted by Gasteiger charge is 2.45. The number of carbonyl (C=O) groups is 1. The van der Waals surface area contributed by atoms with Crippen LogP contribution in [-0.2, 0) is 19.2 Å². The van der Waals surface area contributed by atoms with Gasteiger partial charge in [-0.3, -0.25) is 13.5 Å². The van der Waals surface area contributed by atoms with Crippen molar-refractivity contribution < 1.29 is 32.3 Å². The van der Waals surface area contributed by atoms with Crippen LogP contribution in [0.3, 0.4) is 0 Å². The Kier molecular flexibility index (Phi) is 5.65. The molecule has 31 heavy (non-hydrogen) atoms. The van der Waals surface area contributed by atoms with Crippen LogP contribution < -0.4 is 10.5 Å². The Balaban J connectivity index is 1.58. The van der Waals surface area contributed by atoms with E-state index < -0.39 is 47.4 Å². The van der Waals surface area contributed by atoms with Crippen LogP contribution in [-0.4, -0.2) is 69.0 Å². The molecule has 1 fully saturated rings. The second-order valence-electron chi connectivity index (χ2n) is 6.69. The lowest BCUT2D eigenvalue weighted by Gasteiger charge is -2.16. The Morgan fingerprint density at radius 2 is 1.94 bits per heavy atom. The van der Waals surface area contributed by atoms with Gasteiger partial charge in [0.05, 0.1) is 12.9 Å². The maximum atomic E-state index is 12.4. The first-order valence-electron chi connectivity index (χ1n) is 8.97. The number of nitrogens with zero attached hydrogens (tertiary/aromatic N) is 4. The zero-order chi connectivity index (χ0) is 22.2. The van der Waals surface area contributed by atoms with Gasteiger partial charge in [-0.05, 0) is 12.1 Å². The van der Waals surface area contributed by atoms with Gasteiger partial charge < -0.3 is 20.3 Å². The molecule has 1 amide bonds. The number of benzene rings is 1. The summed E-state index contributed by atoms with van der Waals surface area (Å²) in [6.45, 7) is -0.590. The van der Waals surface area contributed by atoms with E-state index >= 15 is 0 Å². The molecular weight excluding hydrogens is 432 g/mol. The highest BCUT2D eigenvalue weighted by atomic mass is 32.2. The van der Waals surface area contributed by atoms with E-state index in [-0.39, 0.29) is 17.0 Å². The molecule has 4 atom stereocenters. The van der Waals surface area contributed by atoms with Crippen molar-refractivity contribution in [2.45, 2.75) is 24.5 Å². The van der Waals surface area contributed by atoms with E-state index in [1.54, 1.807) is 30.3 Å². The largest absolute Gasteiger partial charge is 0.387 e. The number of ether oxygens (including phenoxy) is 1. The normalized spacial score (nSPS) is 23.8. The van der Waals surface area contributed by atoms with E-state index in [4.69, 9.17) is 9.88 Å². The molecule has 13 nitrogen and oxygen atoms in total. The second-order valence-corrected chi connectivity index (χ2v) is 7.91. The maximum absolute atomic E-state index is 12.4. The van der Waals surface area contributed by atoms with Crippen molar-refractivity contribution in [3.8, 4) is 0 Å². The Morgan fingerprint density at radius 3 is 2.65 bits per heavy atom. The molecule has 2 aromatic heterocycles. The van der Waals surface area contributed by atoms with E-state index in [0.717, 1.165) is 0 Å². The van der Waals surface area contributed by atoms with Gasteiger partial charge in [0.1, 0.15) is 24.6 Å². The molecule has 14 heteroatoms. The molecule has 5 N–H and O–H groups in total. The van der Waals surface area contributed by atoms with E-state index in [2.05, 4.69) is 24.5 Å². The van der Waals surface area contributed by atoms with Gasteiger partial charge in [-0.1, -0.05) is 18.2 Å². The number of imidazole rings is 1. The lowest BCUT2D eigenvalue weighted by molar-refractivity contribution is -0.0467. The van der Waals surface area contributed by atoms with Crippen LogP contribution >= 0.6 is 0 Å². The SMILES string of the molecule is NS(=O)(=O)OC[C@H]1O[C@@H](n2cnc3c(NC(=O)c4ccccc4)ncnc32)[C@H](O)[C@@H]1O. The molecule has 0 bridgehead atoms. The number of nitrogens with two attached hydrogens (primary N) is 1. The smallest absolute Gasteiger partial charge is 0.333 e. The van der Waals surface area contributed by atoms with E-state index in [0.29, 0.717) is 5.56 Å². The number of hydrogen-bond acceptors (Lipinski definition) is 10. The van der Waals surface area contributed by atoms with Crippen molar-refractivity contribution in [1.29, 1.82) is 0 Å². The molecule has 0 saturated carbocycles. The molecular formula is C17H18N6O7S. The van der Waals surface area contributed by atoms with E-state index in [9.17, 15) is 23.4 Å². The number of nitrogens with one attached hydrogen (secondary N) is 1. The zero-order valence-electron chi connectivity index (χ0n) is 15.8. The number of rotatable bonds is 6. The molecule has 0 radical (unpaired) electrons. The highest BCUT2D eigenvalue weighted by Crippen LogP contribution is 2.32. The van der Waals surface area contributed by atoms with Crippen LogP contribution in [0.15, 0.2) is 43.0 Å². The lowest BCUT2D eigenvalue weighted by Crippen LogP contribution is -2.35. The summed E-state index contributed by atoms with van der Waals surface area (Å²) in [7, 11) is -4.25. The average molecular weight is 450 g/mol. The molecule has 1 saturated heterocycles. The van der Waals surface area contributed by atoms with Crippen molar-refractivity contribution in [2.24, 2.45) is 5.14 Å². The highest BCUT2D eigenvalue weighted by molar-refractivity contribution is 7.84. The van der Waals surface area contributed by atoms with E-state index in [1.807, 2.05) is 0 Å². The third-order valence-corrected chi connectivity index (χ3v) is 5.10. The molecule has 164 valence electrons. The lowest BCUT2D eigenvalue weighted by atomic mass is 10.1. The molecule has 0 unspecified atom stereocenters. The first kappa shape index (κ1) is 21.2. The molecule has 3 heterocycles. The number of amides is 1. The van der Waals surface area contributed by atoms with Gasteiger partial charge in [-0.15, -0.1) is 0 Å². The number of fused-ring (bicyclic) bond motifs is 1.